The monoisotopic (exact) mass is 259 g/mol. The van der Waals surface area contributed by atoms with E-state index in [9.17, 15) is 4.79 Å². The molecule has 2 N–H and O–H groups in total. The predicted molar refractivity (Wildman–Crippen MR) is 72.9 cm³/mol. The molecular formula is C14H17N3O2. The zero-order valence-corrected chi connectivity index (χ0v) is 11.1. The van der Waals surface area contributed by atoms with Crippen LogP contribution in [0, 0.1) is 6.92 Å². The SMILES string of the molecule is CCOC(=O)c1ncn(Cc2cccc(C)c2)c1N. The molecule has 0 bridgehead atoms. The number of imidazole rings is 1. The summed E-state index contributed by atoms with van der Waals surface area (Å²) in [7, 11) is 0. The molecule has 0 atom stereocenters. The van der Waals surface area contributed by atoms with Gasteiger partial charge in [-0.15, -0.1) is 0 Å². The van der Waals surface area contributed by atoms with E-state index in [0.29, 0.717) is 19.0 Å². The van der Waals surface area contributed by atoms with Gasteiger partial charge in [-0.05, 0) is 19.4 Å². The Hall–Kier alpha value is -2.30. The maximum Gasteiger partial charge on any atom is 0.360 e. The molecule has 2 aromatic rings. The van der Waals surface area contributed by atoms with Gasteiger partial charge in [0.2, 0.25) is 0 Å². The van der Waals surface area contributed by atoms with Crippen LogP contribution in [-0.4, -0.2) is 22.1 Å². The van der Waals surface area contributed by atoms with Crippen molar-refractivity contribution in [1.82, 2.24) is 9.55 Å². The van der Waals surface area contributed by atoms with E-state index in [4.69, 9.17) is 10.5 Å². The lowest BCUT2D eigenvalue weighted by molar-refractivity contribution is 0.0521. The highest BCUT2D eigenvalue weighted by molar-refractivity contribution is 5.92. The molecule has 2 rings (SSSR count). The maximum absolute atomic E-state index is 11.6. The number of hydrogen-bond donors (Lipinski definition) is 1. The molecule has 100 valence electrons. The fourth-order valence-corrected chi connectivity index (χ4v) is 1.88. The number of aryl methyl sites for hydroxylation is 1. The number of nitrogens with two attached hydrogens (primary N) is 1. The quantitative estimate of drug-likeness (QED) is 0.852. The molecule has 0 spiro atoms. The minimum absolute atomic E-state index is 0.175. The minimum Gasteiger partial charge on any atom is -0.461 e. The van der Waals surface area contributed by atoms with Crippen molar-refractivity contribution in [3.63, 3.8) is 0 Å². The molecule has 1 heterocycles. The molecule has 5 nitrogen and oxygen atoms in total. The second-order valence-corrected chi connectivity index (χ2v) is 4.32. The number of rotatable bonds is 4. The Bertz CT molecular complexity index is 590. The summed E-state index contributed by atoms with van der Waals surface area (Å²) in [5, 5.41) is 0. The smallest absolute Gasteiger partial charge is 0.360 e. The number of aromatic nitrogens is 2. The highest BCUT2D eigenvalue weighted by Gasteiger charge is 2.16. The van der Waals surface area contributed by atoms with Gasteiger partial charge < -0.3 is 15.0 Å². The number of benzene rings is 1. The summed E-state index contributed by atoms with van der Waals surface area (Å²) >= 11 is 0. The van der Waals surface area contributed by atoms with Crippen LogP contribution in [0.4, 0.5) is 5.82 Å². The Kier molecular flexibility index (Phi) is 3.85. The number of esters is 1. The second-order valence-electron chi connectivity index (χ2n) is 4.32. The van der Waals surface area contributed by atoms with Crippen LogP contribution in [0.3, 0.4) is 0 Å². The standard InChI is InChI=1S/C14H17N3O2/c1-3-19-14(18)12-13(15)17(9-16-12)8-11-6-4-5-10(2)7-11/h4-7,9H,3,8,15H2,1-2H3. The van der Waals surface area contributed by atoms with Gasteiger partial charge >= 0.3 is 5.97 Å². The van der Waals surface area contributed by atoms with Gasteiger partial charge in [0.25, 0.3) is 0 Å². The molecule has 5 heteroatoms. The number of anilines is 1. The van der Waals surface area contributed by atoms with Gasteiger partial charge in [-0.1, -0.05) is 29.8 Å². The van der Waals surface area contributed by atoms with E-state index >= 15 is 0 Å². The Morgan fingerprint density at radius 3 is 2.95 bits per heavy atom. The number of nitrogens with zero attached hydrogens (tertiary/aromatic N) is 2. The van der Waals surface area contributed by atoms with E-state index in [2.05, 4.69) is 11.1 Å². The van der Waals surface area contributed by atoms with E-state index < -0.39 is 5.97 Å². The first kappa shape index (κ1) is 13.1. The third kappa shape index (κ3) is 2.93. The summed E-state index contributed by atoms with van der Waals surface area (Å²) in [6.45, 7) is 4.67. The highest BCUT2D eigenvalue weighted by atomic mass is 16.5. The molecule has 19 heavy (non-hydrogen) atoms. The first-order valence-electron chi connectivity index (χ1n) is 6.15. The minimum atomic E-state index is -0.483. The van der Waals surface area contributed by atoms with Crippen molar-refractivity contribution in [2.75, 3.05) is 12.3 Å². The second kappa shape index (κ2) is 5.56. The van der Waals surface area contributed by atoms with Gasteiger partial charge in [-0.25, -0.2) is 9.78 Å². The Morgan fingerprint density at radius 2 is 2.26 bits per heavy atom. The molecule has 0 amide bonds. The van der Waals surface area contributed by atoms with E-state index in [1.54, 1.807) is 17.8 Å². The number of ether oxygens (including phenoxy) is 1. The van der Waals surface area contributed by atoms with Crippen molar-refractivity contribution in [2.45, 2.75) is 20.4 Å². The van der Waals surface area contributed by atoms with Crippen LogP contribution in [0.1, 0.15) is 28.5 Å². The zero-order chi connectivity index (χ0) is 13.8. The van der Waals surface area contributed by atoms with E-state index in [-0.39, 0.29) is 5.69 Å². The molecule has 0 fully saturated rings. The van der Waals surface area contributed by atoms with Crippen LogP contribution < -0.4 is 5.73 Å². The highest BCUT2D eigenvalue weighted by Crippen LogP contribution is 2.14. The molecule has 0 saturated heterocycles. The van der Waals surface area contributed by atoms with Crippen LogP contribution in [0.25, 0.3) is 0 Å². The first-order valence-corrected chi connectivity index (χ1v) is 6.15. The van der Waals surface area contributed by atoms with Crippen LogP contribution in [0.15, 0.2) is 30.6 Å². The van der Waals surface area contributed by atoms with Crippen molar-refractivity contribution < 1.29 is 9.53 Å². The van der Waals surface area contributed by atoms with Crippen LogP contribution in [0.2, 0.25) is 0 Å². The molecular weight excluding hydrogens is 242 g/mol. The zero-order valence-electron chi connectivity index (χ0n) is 11.1. The molecule has 0 saturated carbocycles. The topological polar surface area (TPSA) is 70.1 Å². The van der Waals surface area contributed by atoms with Gasteiger partial charge in [0, 0.05) is 0 Å². The molecule has 0 aliphatic carbocycles. The maximum atomic E-state index is 11.6. The Morgan fingerprint density at radius 1 is 1.47 bits per heavy atom. The Labute approximate surface area is 112 Å². The average Bonchev–Trinajstić information content (AvgIpc) is 2.71. The van der Waals surface area contributed by atoms with Crippen LogP contribution >= 0.6 is 0 Å². The third-order valence-corrected chi connectivity index (χ3v) is 2.78. The summed E-state index contributed by atoms with van der Waals surface area (Å²) in [4.78, 5) is 15.6. The van der Waals surface area contributed by atoms with Gasteiger partial charge in [0.05, 0.1) is 19.5 Å². The van der Waals surface area contributed by atoms with Crippen LogP contribution in [-0.2, 0) is 11.3 Å². The normalized spacial score (nSPS) is 10.4. The molecule has 0 aliphatic heterocycles. The third-order valence-electron chi connectivity index (χ3n) is 2.78. The molecule has 1 aromatic heterocycles. The summed E-state index contributed by atoms with van der Waals surface area (Å²) in [5.74, 6) is -0.150. The average molecular weight is 259 g/mol. The van der Waals surface area contributed by atoms with Crippen LogP contribution in [0.5, 0.6) is 0 Å². The van der Waals surface area contributed by atoms with Crippen molar-refractivity contribution in [3.8, 4) is 0 Å². The fourth-order valence-electron chi connectivity index (χ4n) is 1.88. The molecule has 0 unspecified atom stereocenters. The largest absolute Gasteiger partial charge is 0.461 e. The summed E-state index contributed by atoms with van der Waals surface area (Å²) in [5.41, 5.74) is 8.39. The lowest BCUT2D eigenvalue weighted by Crippen LogP contribution is -2.10. The van der Waals surface area contributed by atoms with Crippen molar-refractivity contribution in [3.05, 3.63) is 47.4 Å². The summed E-state index contributed by atoms with van der Waals surface area (Å²) < 4.78 is 6.63. The molecule has 0 aliphatic rings. The number of nitrogen functional groups attached to an aromatic ring is 1. The summed E-state index contributed by atoms with van der Waals surface area (Å²) in [6.07, 6.45) is 1.56. The number of hydrogen-bond acceptors (Lipinski definition) is 4. The molecule has 0 radical (unpaired) electrons. The lowest BCUT2D eigenvalue weighted by Gasteiger charge is -2.06. The Balaban J connectivity index is 2.20. The lowest BCUT2D eigenvalue weighted by atomic mass is 10.1. The van der Waals surface area contributed by atoms with E-state index in [1.165, 1.54) is 5.56 Å². The van der Waals surface area contributed by atoms with Crippen molar-refractivity contribution >= 4 is 11.8 Å². The summed E-state index contributed by atoms with van der Waals surface area (Å²) in [6, 6.07) is 8.11. The first-order chi connectivity index (χ1) is 9.11. The fraction of sp³-hybridized carbons (Fsp3) is 0.286. The van der Waals surface area contributed by atoms with Crippen molar-refractivity contribution in [1.29, 1.82) is 0 Å². The predicted octanol–water partition coefficient (Wildman–Crippen LogP) is 2.00. The van der Waals surface area contributed by atoms with Gasteiger partial charge in [-0.2, -0.15) is 0 Å². The molecule has 1 aromatic carbocycles. The van der Waals surface area contributed by atoms with Crippen molar-refractivity contribution in [2.24, 2.45) is 0 Å². The van der Waals surface area contributed by atoms with Gasteiger partial charge in [0.1, 0.15) is 5.82 Å². The van der Waals surface area contributed by atoms with Gasteiger partial charge in [0.15, 0.2) is 5.69 Å². The van der Waals surface area contributed by atoms with E-state index in [1.807, 2.05) is 25.1 Å². The van der Waals surface area contributed by atoms with Gasteiger partial charge in [-0.3, -0.25) is 0 Å². The van der Waals surface area contributed by atoms with E-state index in [0.717, 1.165) is 5.56 Å². The number of carbonyl (C=O) groups is 1. The number of carbonyl (C=O) groups excluding carboxylic acids is 1.